The molecule has 0 aromatic carbocycles. The predicted molar refractivity (Wildman–Crippen MR) is 120 cm³/mol. The fourth-order valence-electron chi connectivity index (χ4n) is 3.15. The first-order valence-corrected chi connectivity index (χ1v) is 12.7. The molecule has 170 valence electrons. The Morgan fingerprint density at radius 2 is 2.06 bits per heavy atom. The van der Waals surface area contributed by atoms with Gasteiger partial charge in [0.25, 0.3) is 0 Å². The molecule has 3 rings (SSSR count). The minimum atomic E-state index is -3.13. The highest BCUT2D eigenvalue weighted by Crippen LogP contribution is 2.52. The van der Waals surface area contributed by atoms with Crippen molar-refractivity contribution in [3.63, 3.8) is 0 Å². The molecule has 3 heterocycles. The molecule has 5 atom stereocenters. The van der Waals surface area contributed by atoms with Crippen LogP contribution in [0.15, 0.2) is 12.7 Å². The second-order valence-electron chi connectivity index (χ2n) is 7.74. The highest BCUT2D eigenvalue weighted by Gasteiger charge is 2.50. The Bertz CT molecular complexity index is 994. The Hall–Kier alpha value is -1.64. The summed E-state index contributed by atoms with van der Waals surface area (Å²) in [6.07, 6.45) is 5.61. The largest absolute Gasteiger partial charge is 0.382 e. The van der Waals surface area contributed by atoms with Crippen molar-refractivity contribution in [1.82, 2.24) is 19.5 Å². The number of nitrogens with zero attached hydrogens (tertiary/aromatic N) is 4. The molecular formula is C19H28N5O5PS. The fourth-order valence-corrected chi connectivity index (χ4v) is 4.30. The van der Waals surface area contributed by atoms with Crippen LogP contribution in [0.2, 0.25) is 0 Å². The summed E-state index contributed by atoms with van der Waals surface area (Å²) in [6.45, 7) is 4.56. The van der Waals surface area contributed by atoms with Crippen molar-refractivity contribution in [2.75, 3.05) is 18.9 Å². The molecule has 1 saturated heterocycles. The molecule has 0 spiro atoms. The van der Waals surface area contributed by atoms with Crippen molar-refractivity contribution in [1.29, 1.82) is 0 Å². The molecule has 12 heteroatoms. The zero-order chi connectivity index (χ0) is 22.8. The van der Waals surface area contributed by atoms with Gasteiger partial charge in [-0.2, -0.15) is 0 Å². The molecule has 1 aliphatic heterocycles. The van der Waals surface area contributed by atoms with E-state index >= 15 is 0 Å². The summed E-state index contributed by atoms with van der Waals surface area (Å²) in [7, 11) is 0. The number of rotatable bonds is 9. The molecular weight excluding hydrogens is 441 g/mol. The number of hydrogen-bond donors (Lipinski definition) is 2. The van der Waals surface area contributed by atoms with Crippen molar-refractivity contribution < 1.29 is 23.6 Å². The topological polar surface area (TPSA) is 127 Å². The van der Waals surface area contributed by atoms with Crippen LogP contribution in [0.1, 0.15) is 33.9 Å². The lowest BCUT2D eigenvalue weighted by atomic mass is 10.1. The molecule has 0 aliphatic carbocycles. The van der Waals surface area contributed by atoms with E-state index in [0.717, 1.165) is 0 Å². The minimum Gasteiger partial charge on any atom is -0.382 e. The van der Waals surface area contributed by atoms with Gasteiger partial charge in [0.05, 0.1) is 19.0 Å². The van der Waals surface area contributed by atoms with E-state index in [1.54, 1.807) is 10.9 Å². The number of hydrogen-bond acceptors (Lipinski definition) is 9. The van der Waals surface area contributed by atoms with Gasteiger partial charge in [0.1, 0.15) is 36.8 Å². The van der Waals surface area contributed by atoms with Crippen molar-refractivity contribution in [2.45, 2.75) is 64.0 Å². The highest BCUT2D eigenvalue weighted by molar-refractivity contribution is 8.09. The van der Waals surface area contributed by atoms with Gasteiger partial charge in [-0.25, -0.2) is 15.0 Å². The molecule has 0 amide bonds. The van der Waals surface area contributed by atoms with Crippen LogP contribution in [0.3, 0.4) is 0 Å². The van der Waals surface area contributed by atoms with E-state index in [2.05, 4.69) is 20.9 Å². The summed E-state index contributed by atoms with van der Waals surface area (Å²) < 4.78 is 25.8. The van der Waals surface area contributed by atoms with Crippen molar-refractivity contribution in [3.8, 4) is 12.3 Å². The molecule has 2 aromatic rings. The Kier molecular flexibility index (Phi) is 7.65. The molecule has 2 aromatic heterocycles. The van der Waals surface area contributed by atoms with E-state index < -0.39 is 31.0 Å². The molecule has 3 N–H and O–H groups in total. The van der Waals surface area contributed by atoms with Crippen molar-refractivity contribution >= 4 is 35.3 Å². The summed E-state index contributed by atoms with van der Waals surface area (Å²) in [5.41, 5.74) is 6.59. The molecule has 1 aliphatic rings. The smallest absolute Gasteiger partial charge is 0.189 e. The van der Waals surface area contributed by atoms with Gasteiger partial charge in [0.2, 0.25) is 0 Å². The SMILES string of the molecule is C#CCOC1C(OP(O)(=S)C(C)C)C(COC(C)C)OC1n1cnc2c(N)ncnc21. The van der Waals surface area contributed by atoms with Crippen LogP contribution in [-0.4, -0.2) is 67.7 Å². The Balaban J connectivity index is 2.01. The lowest BCUT2D eigenvalue weighted by Crippen LogP contribution is -2.38. The maximum absolute atomic E-state index is 10.8. The van der Waals surface area contributed by atoms with Crippen LogP contribution in [0.4, 0.5) is 5.82 Å². The summed E-state index contributed by atoms with van der Waals surface area (Å²) in [5, 5.41) is 0. The third kappa shape index (κ3) is 5.23. The number of nitrogen functional groups attached to an aromatic ring is 1. The van der Waals surface area contributed by atoms with Gasteiger partial charge in [-0.1, -0.05) is 19.8 Å². The number of imidazole rings is 1. The van der Waals surface area contributed by atoms with Crippen LogP contribution >= 0.6 is 6.49 Å². The fraction of sp³-hybridized carbons (Fsp3) is 0.632. The number of terminal acetylenes is 1. The van der Waals surface area contributed by atoms with Gasteiger partial charge in [0.15, 0.2) is 24.2 Å². The van der Waals surface area contributed by atoms with Crippen LogP contribution < -0.4 is 5.73 Å². The van der Waals surface area contributed by atoms with E-state index in [-0.39, 0.29) is 30.8 Å². The van der Waals surface area contributed by atoms with Crippen molar-refractivity contribution in [3.05, 3.63) is 12.7 Å². The second kappa shape index (κ2) is 9.88. The highest BCUT2D eigenvalue weighted by atomic mass is 32.5. The normalized spacial score (nSPS) is 25.9. The quantitative estimate of drug-likeness (QED) is 0.415. The zero-order valence-corrected chi connectivity index (χ0v) is 19.6. The number of ether oxygens (including phenoxy) is 3. The maximum atomic E-state index is 10.8. The van der Waals surface area contributed by atoms with E-state index in [4.69, 9.17) is 42.7 Å². The van der Waals surface area contributed by atoms with Gasteiger partial charge in [0, 0.05) is 5.66 Å². The monoisotopic (exact) mass is 469 g/mol. The number of anilines is 1. The Morgan fingerprint density at radius 1 is 1.32 bits per heavy atom. The average molecular weight is 470 g/mol. The van der Waals surface area contributed by atoms with E-state index in [9.17, 15) is 4.89 Å². The number of fused-ring (bicyclic) bond motifs is 1. The molecule has 0 bridgehead atoms. The third-order valence-electron chi connectivity index (χ3n) is 4.82. The second-order valence-corrected chi connectivity index (χ2v) is 11.7. The van der Waals surface area contributed by atoms with Gasteiger partial charge in [-0.15, -0.1) is 6.42 Å². The van der Waals surface area contributed by atoms with Crippen LogP contribution in [0.5, 0.6) is 0 Å². The average Bonchev–Trinajstić information content (AvgIpc) is 3.26. The minimum absolute atomic E-state index is 0.0158. The lowest BCUT2D eigenvalue weighted by Gasteiger charge is -2.30. The molecule has 10 nitrogen and oxygen atoms in total. The Morgan fingerprint density at radius 3 is 2.71 bits per heavy atom. The third-order valence-corrected chi connectivity index (χ3v) is 8.20. The Labute approximate surface area is 186 Å². The summed E-state index contributed by atoms with van der Waals surface area (Å²) in [5.74, 6) is 2.71. The van der Waals surface area contributed by atoms with Crippen LogP contribution in [0, 0.1) is 12.3 Å². The van der Waals surface area contributed by atoms with E-state index in [0.29, 0.717) is 11.2 Å². The lowest BCUT2D eigenvalue weighted by molar-refractivity contribution is -0.0784. The first-order valence-electron chi connectivity index (χ1n) is 9.91. The van der Waals surface area contributed by atoms with Gasteiger partial charge >= 0.3 is 0 Å². The predicted octanol–water partition coefficient (Wildman–Crippen LogP) is 1.84. The van der Waals surface area contributed by atoms with Gasteiger partial charge in [-0.3, -0.25) is 4.57 Å². The number of nitrogens with two attached hydrogens (primary N) is 1. The maximum Gasteiger partial charge on any atom is 0.189 e. The molecule has 0 radical (unpaired) electrons. The van der Waals surface area contributed by atoms with Gasteiger partial charge in [-0.05, 0) is 25.7 Å². The van der Waals surface area contributed by atoms with Crippen LogP contribution in [-0.2, 0) is 30.5 Å². The molecule has 31 heavy (non-hydrogen) atoms. The molecule has 1 fully saturated rings. The first kappa shape index (κ1) is 24.0. The summed E-state index contributed by atoms with van der Waals surface area (Å²) in [6, 6.07) is 0. The van der Waals surface area contributed by atoms with Crippen LogP contribution in [0.25, 0.3) is 11.2 Å². The standard InChI is InChI=1S/C19H28N5O5PS/c1-6-7-26-16-15(29-30(25,31)12(4)5)13(8-27-11(2)3)28-19(16)24-10-23-14-17(20)21-9-22-18(14)24/h1,9-13,15-16,19H,7-8H2,2-5H3,(H,25,31)(H2,20,21,22). The summed E-state index contributed by atoms with van der Waals surface area (Å²) in [4.78, 5) is 23.3. The van der Waals surface area contributed by atoms with E-state index in [1.165, 1.54) is 6.33 Å². The zero-order valence-electron chi connectivity index (χ0n) is 17.9. The molecule has 5 unspecified atom stereocenters. The number of aromatic nitrogens is 4. The summed E-state index contributed by atoms with van der Waals surface area (Å²) >= 11 is 5.39. The van der Waals surface area contributed by atoms with E-state index in [1.807, 2.05) is 27.7 Å². The molecule has 0 saturated carbocycles. The van der Waals surface area contributed by atoms with Crippen molar-refractivity contribution in [2.24, 2.45) is 0 Å². The van der Waals surface area contributed by atoms with Gasteiger partial charge < -0.3 is 29.4 Å². The first-order chi connectivity index (χ1) is 14.7.